The van der Waals surface area contributed by atoms with E-state index in [9.17, 15) is 8.42 Å². The molecule has 1 saturated carbocycles. The molecule has 1 saturated heterocycles. The maximum atomic E-state index is 12.6. The van der Waals surface area contributed by atoms with Gasteiger partial charge in [-0.1, -0.05) is 17.3 Å². The number of rotatable bonds is 4. The average molecular weight is 329 g/mol. The second kappa shape index (κ2) is 5.15. The first-order valence-corrected chi connectivity index (χ1v) is 8.94. The number of sulfonamides is 1. The molecule has 0 spiro atoms. The molecule has 0 unspecified atom stereocenters. The summed E-state index contributed by atoms with van der Waals surface area (Å²) in [6.07, 6.45) is 4.25. The van der Waals surface area contributed by atoms with Crippen molar-refractivity contribution in [1.82, 2.24) is 19.3 Å². The van der Waals surface area contributed by atoms with Crippen molar-refractivity contribution < 1.29 is 8.42 Å². The van der Waals surface area contributed by atoms with E-state index in [1.165, 1.54) is 16.4 Å². The van der Waals surface area contributed by atoms with Gasteiger partial charge in [-0.25, -0.2) is 13.1 Å². The summed E-state index contributed by atoms with van der Waals surface area (Å²) in [6, 6.07) is 8.23. The molecule has 1 aromatic heterocycles. The zero-order valence-corrected chi connectivity index (χ0v) is 13.1. The van der Waals surface area contributed by atoms with Crippen molar-refractivity contribution in [2.75, 3.05) is 13.1 Å². The zero-order chi connectivity index (χ0) is 16.0. The number of nitrogens with zero attached hydrogens (tertiary/aromatic N) is 5. The minimum absolute atomic E-state index is 0.0130. The highest BCUT2D eigenvalue weighted by molar-refractivity contribution is 7.89. The Morgan fingerprint density at radius 2 is 1.96 bits per heavy atom. The van der Waals surface area contributed by atoms with Gasteiger partial charge in [-0.2, -0.15) is 9.57 Å². The summed E-state index contributed by atoms with van der Waals surface area (Å²) in [5.41, 5.74) is 1.17. The van der Waals surface area contributed by atoms with Crippen LogP contribution in [0.1, 0.15) is 36.1 Å². The van der Waals surface area contributed by atoms with Gasteiger partial charge in [-0.3, -0.25) is 0 Å². The smallest absolute Gasteiger partial charge is 0.244 e. The van der Waals surface area contributed by atoms with Gasteiger partial charge in [0.2, 0.25) is 10.0 Å². The van der Waals surface area contributed by atoms with Crippen molar-refractivity contribution in [2.24, 2.45) is 0 Å². The molecule has 8 heteroatoms. The predicted octanol–water partition coefficient (Wildman–Crippen LogP) is 1.27. The summed E-state index contributed by atoms with van der Waals surface area (Å²) < 4.78 is 28.4. The molecule has 1 aliphatic heterocycles. The van der Waals surface area contributed by atoms with Crippen LogP contribution in [0, 0.1) is 11.3 Å². The highest BCUT2D eigenvalue weighted by Crippen LogP contribution is 2.39. The SMILES string of the molecule is N#Cc1ccccc1S(=O)(=O)N1CC(n2cc(C3CC3)nn2)C1. The van der Waals surface area contributed by atoms with Crippen LogP contribution in [0.5, 0.6) is 0 Å². The van der Waals surface area contributed by atoms with Crippen molar-refractivity contribution >= 4 is 10.0 Å². The average Bonchev–Trinajstić information content (AvgIpc) is 3.25. The summed E-state index contributed by atoms with van der Waals surface area (Å²) >= 11 is 0. The van der Waals surface area contributed by atoms with Crippen LogP contribution in [0.2, 0.25) is 0 Å². The quantitative estimate of drug-likeness (QED) is 0.842. The summed E-state index contributed by atoms with van der Waals surface area (Å²) in [5.74, 6) is 0.533. The van der Waals surface area contributed by atoms with E-state index >= 15 is 0 Å². The minimum Gasteiger partial charge on any atom is -0.247 e. The molecule has 118 valence electrons. The molecule has 7 nitrogen and oxygen atoms in total. The zero-order valence-electron chi connectivity index (χ0n) is 12.3. The van der Waals surface area contributed by atoms with E-state index in [4.69, 9.17) is 5.26 Å². The summed E-state index contributed by atoms with van der Waals surface area (Å²) in [5, 5.41) is 17.4. The third-order valence-electron chi connectivity index (χ3n) is 4.35. The van der Waals surface area contributed by atoms with Gasteiger partial charge in [0.15, 0.2) is 0 Å². The van der Waals surface area contributed by atoms with Crippen molar-refractivity contribution in [3.8, 4) is 6.07 Å². The van der Waals surface area contributed by atoms with E-state index in [-0.39, 0.29) is 16.5 Å². The molecule has 0 amide bonds. The lowest BCUT2D eigenvalue weighted by molar-refractivity contribution is 0.189. The van der Waals surface area contributed by atoms with Gasteiger partial charge in [0.25, 0.3) is 0 Å². The lowest BCUT2D eigenvalue weighted by Crippen LogP contribution is -2.50. The number of nitriles is 1. The van der Waals surface area contributed by atoms with Crippen LogP contribution in [-0.2, 0) is 10.0 Å². The van der Waals surface area contributed by atoms with E-state index in [0.29, 0.717) is 19.0 Å². The maximum absolute atomic E-state index is 12.6. The second-order valence-corrected chi connectivity index (χ2v) is 7.89. The van der Waals surface area contributed by atoms with Gasteiger partial charge in [-0.15, -0.1) is 5.10 Å². The topological polar surface area (TPSA) is 91.9 Å². The lowest BCUT2D eigenvalue weighted by Gasteiger charge is -2.37. The van der Waals surface area contributed by atoms with E-state index < -0.39 is 10.0 Å². The molecule has 0 radical (unpaired) electrons. The standard InChI is InChI=1S/C15H15N5O2S/c16-7-12-3-1-2-4-15(12)23(21,22)19-8-13(9-19)20-10-14(17-18-20)11-5-6-11/h1-4,10-11,13H,5-6,8-9H2. The fourth-order valence-corrected chi connectivity index (χ4v) is 4.40. The van der Waals surface area contributed by atoms with Crippen LogP contribution < -0.4 is 0 Å². The molecule has 0 N–H and O–H groups in total. The van der Waals surface area contributed by atoms with Gasteiger partial charge < -0.3 is 0 Å². The number of hydrogen-bond donors (Lipinski definition) is 0. The summed E-state index contributed by atoms with van der Waals surface area (Å²) in [7, 11) is -3.63. The first-order chi connectivity index (χ1) is 11.1. The van der Waals surface area contributed by atoms with Gasteiger partial charge in [-0.05, 0) is 25.0 Å². The maximum Gasteiger partial charge on any atom is 0.244 e. The molecule has 1 aliphatic carbocycles. The highest BCUT2D eigenvalue weighted by Gasteiger charge is 2.39. The Bertz CT molecular complexity index is 889. The Balaban J connectivity index is 1.51. The van der Waals surface area contributed by atoms with E-state index in [1.807, 2.05) is 12.3 Å². The Labute approximate surface area is 134 Å². The molecular formula is C15H15N5O2S. The van der Waals surface area contributed by atoms with Gasteiger partial charge in [0, 0.05) is 25.2 Å². The molecule has 2 fully saturated rings. The third kappa shape index (κ3) is 2.42. The Kier molecular flexibility index (Phi) is 3.21. The molecule has 4 rings (SSSR count). The van der Waals surface area contributed by atoms with E-state index in [0.717, 1.165) is 18.5 Å². The van der Waals surface area contributed by atoms with Gasteiger partial charge >= 0.3 is 0 Å². The summed E-state index contributed by atoms with van der Waals surface area (Å²) in [6.45, 7) is 0.713. The molecule has 0 bridgehead atoms. The first kappa shape index (κ1) is 14.4. The Hall–Kier alpha value is -2.24. The van der Waals surface area contributed by atoms with Crippen LogP contribution >= 0.6 is 0 Å². The number of hydrogen-bond acceptors (Lipinski definition) is 5. The van der Waals surface area contributed by atoms with Gasteiger partial charge in [0.1, 0.15) is 6.07 Å². The van der Waals surface area contributed by atoms with E-state index in [1.54, 1.807) is 16.8 Å². The fourth-order valence-electron chi connectivity index (χ4n) is 2.74. The number of benzene rings is 1. The fraction of sp³-hybridized carbons (Fsp3) is 0.400. The van der Waals surface area contributed by atoms with Crippen LogP contribution in [0.25, 0.3) is 0 Å². The Morgan fingerprint density at radius 1 is 1.22 bits per heavy atom. The second-order valence-electron chi connectivity index (χ2n) is 5.98. The van der Waals surface area contributed by atoms with E-state index in [2.05, 4.69) is 10.3 Å². The molecule has 2 aliphatic rings. The van der Waals surface area contributed by atoms with Gasteiger partial charge in [0.05, 0.1) is 22.2 Å². The summed E-state index contributed by atoms with van der Waals surface area (Å²) in [4.78, 5) is 0.0678. The normalized spacial score (nSPS) is 19.3. The van der Waals surface area contributed by atoms with Crippen molar-refractivity contribution in [1.29, 1.82) is 5.26 Å². The van der Waals surface area contributed by atoms with Crippen LogP contribution in [-0.4, -0.2) is 40.8 Å². The third-order valence-corrected chi connectivity index (χ3v) is 6.24. The molecule has 23 heavy (non-hydrogen) atoms. The van der Waals surface area contributed by atoms with Crippen molar-refractivity contribution in [3.63, 3.8) is 0 Å². The van der Waals surface area contributed by atoms with Crippen LogP contribution in [0.15, 0.2) is 35.4 Å². The minimum atomic E-state index is -3.63. The predicted molar refractivity (Wildman–Crippen MR) is 80.9 cm³/mol. The Morgan fingerprint density at radius 3 is 2.65 bits per heavy atom. The highest BCUT2D eigenvalue weighted by atomic mass is 32.2. The molecule has 2 aromatic rings. The number of aromatic nitrogens is 3. The van der Waals surface area contributed by atoms with Crippen molar-refractivity contribution in [3.05, 3.63) is 41.7 Å². The largest absolute Gasteiger partial charge is 0.247 e. The van der Waals surface area contributed by atoms with Crippen LogP contribution in [0.3, 0.4) is 0 Å². The monoisotopic (exact) mass is 329 g/mol. The molecule has 1 aromatic carbocycles. The first-order valence-electron chi connectivity index (χ1n) is 7.50. The molecular weight excluding hydrogens is 314 g/mol. The van der Waals surface area contributed by atoms with Crippen LogP contribution in [0.4, 0.5) is 0 Å². The molecule has 0 atom stereocenters. The van der Waals surface area contributed by atoms with Crippen molar-refractivity contribution in [2.45, 2.75) is 29.7 Å². The lowest BCUT2D eigenvalue weighted by atomic mass is 10.2. The molecule has 2 heterocycles.